The maximum Gasteiger partial charge on any atom is 0.286 e. The number of para-hydroxylation sites is 1. The number of amides is 1. The van der Waals surface area contributed by atoms with Gasteiger partial charge in [-0.2, -0.15) is 0 Å². The van der Waals surface area contributed by atoms with Crippen molar-refractivity contribution in [1.82, 2.24) is 0 Å². The van der Waals surface area contributed by atoms with Gasteiger partial charge in [0.25, 0.3) is 5.91 Å². The van der Waals surface area contributed by atoms with E-state index in [-0.39, 0.29) is 18.1 Å². The van der Waals surface area contributed by atoms with Crippen molar-refractivity contribution in [1.29, 1.82) is 0 Å². The van der Waals surface area contributed by atoms with E-state index in [4.69, 9.17) is 16.3 Å². The minimum Gasteiger partial charge on any atom is -0.364 e. The Morgan fingerprint density at radius 3 is 2.62 bits per heavy atom. The number of morpholine rings is 1. The molecule has 2 aliphatic heterocycles. The van der Waals surface area contributed by atoms with Crippen LogP contribution in [0.25, 0.3) is 0 Å². The van der Waals surface area contributed by atoms with Crippen LogP contribution in [-0.4, -0.2) is 37.7 Å². The van der Waals surface area contributed by atoms with Crippen LogP contribution in [0.3, 0.4) is 0 Å². The van der Waals surface area contributed by atoms with Crippen LogP contribution >= 0.6 is 23.4 Å². The van der Waals surface area contributed by atoms with E-state index < -0.39 is 0 Å². The number of rotatable bonds is 2. The van der Waals surface area contributed by atoms with Gasteiger partial charge in [-0.1, -0.05) is 35.5 Å². The van der Waals surface area contributed by atoms with Crippen molar-refractivity contribution in [3.05, 3.63) is 47.5 Å². The molecule has 0 radical (unpaired) electrons. The van der Waals surface area contributed by atoms with E-state index >= 15 is 0 Å². The summed E-state index contributed by atoms with van der Waals surface area (Å²) >= 11 is 7.91. The summed E-state index contributed by atoms with van der Waals surface area (Å²) in [6.07, 6.45) is 0.347. The SMILES string of the molecule is C[C@@H]1C[NH+](CC(=O)N2c3ccccc3Sc3ccc(Cl)cc32)C[C@H](C)O1. The zero-order chi connectivity index (χ0) is 18.3. The van der Waals surface area contributed by atoms with E-state index in [0.717, 1.165) is 34.3 Å². The molecule has 136 valence electrons. The van der Waals surface area contributed by atoms with Crippen LogP contribution in [0.4, 0.5) is 11.4 Å². The molecular formula is C20H22ClN2O2S+. The van der Waals surface area contributed by atoms with Gasteiger partial charge in [-0.3, -0.25) is 9.69 Å². The average molecular weight is 390 g/mol. The molecule has 3 atom stereocenters. The first kappa shape index (κ1) is 17.9. The number of fused-ring (bicyclic) bond motifs is 2. The minimum absolute atomic E-state index is 0.0950. The van der Waals surface area contributed by atoms with Crippen LogP contribution in [0, 0.1) is 0 Å². The summed E-state index contributed by atoms with van der Waals surface area (Å²) < 4.78 is 5.81. The summed E-state index contributed by atoms with van der Waals surface area (Å²) in [7, 11) is 0. The minimum atomic E-state index is 0.0950. The fourth-order valence-electron chi connectivity index (χ4n) is 3.82. The topological polar surface area (TPSA) is 34.0 Å². The highest BCUT2D eigenvalue weighted by Crippen LogP contribution is 2.48. The van der Waals surface area contributed by atoms with Gasteiger partial charge in [0.05, 0.1) is 11.4 Å². The van der Waals surface area contributed by atoms with E-state index in [1.807, 2.05) is 41.3 Å². The highest BCUT2D eigenvalue weighted by molar-refractivity contribution is 7.99. The number of nitrogens with zero attached hydrogens (tertiary/aromatic N) is 1. The molecule has 26 heavy (non-hydrogen) atoms. The molecule has 6 heteroatoms. The first-order valence-corrected chi connectivity index (χ1v) is 10.1. The number of carbonyl (C=O) groups is 1. The Morgan fingerprint density at radius 1 is 1.15 bits per heavy atom. The lowest BCUT2D eigenvalue weighted by atomic mass is 10.2. The van der Waals surface area contributed by atoms with Gasteiger partial charge in [0.15, 0.2) is 6.54 Å². The molecule has 2 heterocycles. The maximum atomic E-state index is 13.3. The zero-order valence-electron chi connectivity index (χ0n) is 14.9. The number of benzene rings is 2. The van der Waals surface area contributed by atoms with E-state index in [1.165, 1.54) is 4.90 Å². The Kier molecular flexibility index (Phi) is 4.97. The molecule has 0 bridgehead atoms. The van der Waals surface area contributed by atoms with Gasteiger partial charge in [0.1, 0.15) is 25.3 Å². The fourth-order valence-corrected chi connectivity index (χ4v) is 5.03. The summed E-state index contributed by atoms with van der Waals surface area (Å²) in [5, 5.41) is 0.641. The number of nitrogens with one attached hydrogen (secondary N) is 1. The third-order valence-corrected chi connectivity index (χ3v) is 6.12. The molecular weight excluding hydrogens is 368 g/mol. The van der Waals surface area contributed by atoms with Crippen molar-refractivity contribution >= 4 is 40.6 Å². The van der Waals surface area contributed by atoms with Crippen molar-refractivity contribution in [3.63, 3.8) is 0 Å². The Balaban J connectivity index is 1.67. The largest absolute Gasteiger partial charge is 0.364 e. The Hall–Kier alpha value is -1.53. The Morgan fingerprint density at radius 2 is 1.85 bits per heavy atom. The lowest BCUT2D eigenvalue weighted by molar-refractivity contribution is -0.907. The van der Waals surface area contributed by atoms with Gasteiger partial charge in [-0.05, 0) is 44.2 Å². The summed E-state index contributed by atoms with van der Waals surface area (Å²) in [6.45, 7) is 6.29. The molecule has 4 rings (SSSR count). The van der Waals surface area contributed by atoms with Gasteiger partial charge in [-0.15, -0.1) is 0 Å². The highest BCUT2D eigenvalue weighted by Gasteiger charge is 2.33. The molecule has 4 nitrogen and oxygen atoms in total. The van der Waals surface area contributed by atoms with Crippen molar-refractivity contribution < 1.29 is 14.4 Å². The monoisotopic (exact) mass is 389 g/mol. The third kappa shape index (κ3) is 3.49. The lowest BCUT2D eigenvalue weighted by Crippen LogP contribution is -3.16. The van der Waals surface area contributed by atoms with E-state index in [9.17, 15) is 4.79 Å². The first-order valence-electron chi connectivity index (χ1n) is 8.89. The van der Waals surface area contributed by atoms with Gasteiger partial charge < -0.3 is 9.64 Å². The average Bonchev–Trinajstić information content (AvgIpc) is 2.58. The zero-order valence-corrected chi connectivity index (χ0v) is 16.4. The number of carbonyl (C=O) groups excluding carboxylic acids is 1. The molecule has 2 aliphatic rings. The predicted molar refractivity (Wildman–Crippen MR) is 105 cm³/mol. The number of anilines is 2. The fraction of sp³-hybridized carbons (Fsp3) is 0.350. The van der Waals surface area contributed by atoms with Crippen LogP contribution in [-0.2, 0) is 9.53 Å². The number of hydrogen-bond acceptors (Lipinski definition) is 3. The van der Waals surface area contributed by atoms with E-state index in [0.29, 0.717) is 11.6 Å². The molecule has 1 saturated heterocycles. The Bertz CT molecular complexity index is 834. The second-order valence-electron chi connectivity index (χ2n) is 7.00. The second kappa shape index (κ2) is 7.24. The number of hydrogen-bond donors (Lipinski definition) is 1. The third-order valence-electron chi connectivity index (χ3n) is 4.76. The Labute approximate surface area is 163 Å². The van der Waals surface area contributed by atoms with Crippen molar-refractivity contribution in [2.24, 2.45) is 0 Å². The van der Waals surface area contributed by atoms with Crippen LogP contribution in [0.15, 0.2) is 52.3 Å². The van der Waals surface area contributed by atoms with Crippen molar-refractivity contribution in [3.8, 4) is 0 Å². The quantitative estimate of drug-likeness (QED) is 0.856. The first-order chi connectivity index (χ1) is 12.5. The summed E-state index contributed by atoms with van der Waals surface area (Å²) in [5.74, 6) is 0.0950. The molecule has 1 fully saturated rings. The molecule has 2 aromatic carbocycles. The number of halogens is 1. The summed E-state index contributed by atoms with van der Waals surface area (Å²) in [6, 6.07) is 13.8. The maximum absolute atomic E-state index is 13.3. The molecule has 0 aromatic heterocycles. The van der Waals surface area contributed by atoms with Crippen LogP contribution in [0.2, 0.25) is 5.02 Å². The normalized spacial score (nSPS) is 24.7. The lowest BCUT2D eigenvalue weighted by Gasteiger charge is -2.35. The molecule has 2 aromatic rings. The smallest absolute Gasteiger partial charge is 0.286 e. The summed E-state index contributed by atoms with van der Waals surface area (Å²) in [5.41, 5.74) is 1.81. The van der Waals surface area contributed by atoms with E-state index in [2.05, 4.69) is 19.9 Å². The van der Waals surface area contributed by atoms with Crippen LogP contribution in [0.1, 0.15) is 13.8 Å². The molecule has 0 spiro atoms. The van der Waals surface area contributed by atoms with Gasteiger partial charge >= 0.3 is 0 Å². The van der Waals surface area contributed by atoms with Gasteiger partial charge in [0, 0.05) is 14.8 Å². The highest BCUT2D eigenvalue weighted by atomic mass is 35.5. The standard InChI is InChI=1S/C20H21ClN2O2S/c1-13-10-22(11-14(2)25-13)12-20(24)23-16-5-3-4-6-18(16)26-19-8-7-15(21)9-17(19)23/h3-9,13-14H,10-12H2,1-2H3/p+1/t13-,14+. The number of quaternary nitrogens is 1. The molecule has 0 aliphatic carbocycles. The van der Waals surface area contributed by atoms with Crippen LogP contribution in [0.5, 0.6) is 0 Å². The molecule has 1 amide bonds. The van der Waals surface area contributed by atoms with Gasteiger partial charge in [-0.25, -0.2) is 0 Å². The predicted octanol–water partition coefficient (Wildman–Crippen LogP) is 3.16. The summed E-state index contributed by atoms with van der Waals surface area (Å²) in [4.78, 5) is 18.6. The van der Waals surface area contributed by atoms with Crippen LogP contribution < -0.4 is 9.80 Å². The van der Waals surface area contributed by atoms with Crippen molar-refractivity contribution in [2.45, 2.75) is 35.8 Å². The van der Waals surface area contributed by atoms with Gasteiger partial charge in [0.2, 0.25) is 0 Å². The molecule has 1 N–H and O–H groups in total. The van der Waals surface area contributed by atoms with Crippen molar-refractivity contribution in [2.75, 3.05) is 24.5 Å². The number of ether oxygens (including phenoxy) is 1. The van der Waals surface area contributed by atoms with E-state index in [1.54, 1.807) is 11.8 Å². The molecule has 1 unspecified atom stereocenters. The molecule has 0 saturated carbocycles. The second-order valence-corrected chi connectivity index (χ2v) is 8.52.